The Labute approximate surface area is 81.4 Å². The molecule has 0 aromatic heterocycles. The van der Waals surface area contributed by atoms with E-state index in [0.717, 1.165) is 0 Å². The quantitative estimate of drug-likeness (QED) is 0.341. The van der Waals surface area contributed by atoms with Crippen LogP contribution in [0.3, 0.4) is 0 Å². The Morgan fingerprint density at radius 1 is 1.08 bits per heavy atom. The van der Waals surface area contributed by atoms with Gasteiger partial charge in [0.05, 0.1) is 0 Å². The molecule has 9 nitrogen and oxygen atoms in total. The average molecular weight is 403 g/mol. The molecule has 0 aliphatic rings. The SMILES string of the molecule is NOP(=O)(ON)OP(=O)(O)O.[Pt]. The normalized spacial score (nSPS) is 12.3. The second-order valence-corrected chi connectivity index (χ2v) is 4.18. The van der Waals surface area contributed by atoms with Gasteiger partial charge in [0, 0.05) is 21.1 Å². The third-order valence-electron chi connectivity index (χ3n) is 0.465. The van der Waals surface area contributed by atoms with Crippen molar-refractivity contribution in [1.29, 1.82) is 0 Å². The van der Waals surface area contributed by atoms with Gasteiger partial charge in [-0.2, -0.15) is 13.6 Å². The van der Waals surface area contributed by atoms with E-state index in [4.69, 9.17) is 9.79 Å². The molecular weight excluding hydrogens is 397 g/mol. The van der Waals surface area contributed by atoms with Gasteiger partial charge >= 0.3 is 15.6 Å². The summed E-state index contributed by atoms with van der Waals surface area (Å²) < 4.78 is 30.9. The zero-order valence-electron chi connectivity index (χ0n) is 5.30. The van der Waals surface area contributed by atoms with Crippen LogP contribution < -0.4 is 11.8 Å². The summed E-state index contributed by atoms with van der Waals surface area (Å²) in [5, 5.41) is 0. The summed E-state index contributed by atoms with van der Waals surface area (Å²) in [6.07, 6.45) is 0. The van der Waals surface area contributed by atoms with Gasteiger partial charge in [-0.15, -0.1) is 0 Å². The van der Waals surface area contributed by atoms with E-state index in [-0.39, 0.29) is 21.1 Å². The standard InChI is InChI=1S/H6N2O7P2.Pt/c1-7-11(6,8-2)9-10(3,4)5;/h1-2H2,(H2,3,4,5);. The van der Waals surface area contributed by atoms with Gasteiger partial charge in [0.2, 0.25) is 0 Å². The van der Waals surface area contributed by atoms with Crippen molar-refractivity contribution in [2.75, 3.05) is 0 Å². The molecule has 0 spiro atoms. The summed E-state index contributed by atoms with van der Waals surface area (Å²) >= 11 is 0. The van der Waals surface area contributed by atoms with Gasteiger partial charge in [0.1, 0.15) is 0 Å². The first-order chi connectivity index (χ1) is 4.83. The summed E-state index contributed by atoms with van der Waals surface area (Å²) in [7, 11) is -9.50. The van der Waals surface area contributed by atoms with Crippen LogP contribution in [0.4, 0.5) is 0 Å². The minimum atomic E-state index is -4.99. The second kappa shape index (κ2) is 5.57. The molecule has 0 radical (unpaired) electrons. The zero-order valence-corrected chi connectivity index (χ0v) is 9.36. The van der Waals surface area contributed by atoms with Crippen LogP contribution >= 0.6 is 15.6 Å². The van der Waals surface area contributed by atoms with Crippen molar-refractivity contribution in [3.8, 4) is 0 Å². The molecular formula is H6N2O7P2Pt. The van der Waals surface area contributed by atoms with Crippen molar-refractivity contribution < 1.29 is 53.5 Å². The van der Waals surface area contributed by atoms with Gasteiger partial charge in [0.15, 0.2) is 0 Å². The van der Waals surface area contributed by atoms with Crippen molar-refractivity contribution in [3.05, 3.63) is 0 Å². The largest absolute Gasteiger partial charge is 0.516 e. The van der Waals surface area contributed by atoms with Crippen LogP contribution in [0.2, 0.25) is 0 Å². The van der Waals surface area contributed by atoms with Crippen molar-refractivity contribution in [2.24, 2.45) is 11.8 Å². The average Bonchev–Trinajstić information content (AvgIpc) is 1.84. The first kappa shape index (κ1) is 15.3. The molecule has 0 atom stereocenters. The molecule has 0 aliphatic carbocycles. The Balaban J connectivity index is 0. The first-order valence-corrected chi connectivity index (χ1v) is 4.96. The minimum Gasteiger partial charge on any atom is -0.302 e. The van der Waals surface area contributed by atoms with Gasteiger partial charge in [0.25, 0.3) is 0 Å². The molecule has 0 aromatic carbocycles. The maximum Gasteiger partial charge on any atom is 0.516 e. The maximum atomic E-state index is 10.6. The van der Waals surface area contributed by atoms with Crippen LogP contribution in [0.15, 0.2) is 0 Å². The van der Waals surface area contributed by atoms with Crippen LogP contribution in [0, 0.1) is 0 Å². The third-order valence-corrected chi connectivity index (χ3v) is 2.63. The topological polar surface area (TPSA) is 154 Å². The van der Waals surface area contributed by atoms with Crippen molar-refractivity contribution >= 4 is 15.6 Å². The van der Waals surface area contributed by atoms with E-state index in [1.807, 2.05) is 0 Å². The predicted molar refractivity (Wildman–Crippen MR) is 31.3 cm³/mol. The summed E-state index contributed by atoms with van der Waals surface area (Å²) in [5.41, 5.74) is 0. The second-order valence-electron chi connectivity index (χ2n) is 1.23. The number of phosphoric acid groups is 2. The van der Waals surface area contributed by atoms with Crippen molar-refractivity contribution in [3.63, 3.8) is 0 Å². The summed E-state index contributed by atoms with van der Waals surface area (Å²) in [6, 6.07) is 0. The Kier molecular flexibility index (Phi) is 7.12. The predicted octanol–water partition coefficient (Wildman–Crippen LogP) is -1.02. The van der Waals surface area contributed by atoms with Crippen molar-refractivity contribution in [1.82, 2.24) is 0 Å². The molecule has 0 fully saturated rings. The van der Waals surface area contributed by atoms with E-state index in [1.165, 1.54) is 0 Å². The molecule has 0 bridgehead atoms. The molecule has 0 amide bonds. The molecule has 12 heavy (non-hydrogen) atoms. The molecule has 6 N–H and O–H groups in total. The molecule has 0 saturated carbocycles. The van der Waals surface area contributed by atoms with Gasteiger partial charge < -0.3 is 9.79 Å². The summed E-state index contributed by atoms with van der Waals surface area (Å²) in [4.78, 5) is 16.1. The number of hydrogen-bond donors (Lipinski definition) is 4. The molecule has 78 valence electrons. The number of rotatable bonds is 4. The van der Waals surface area contributed by atoms with Gasteiger partial charge in [-0.1, -0.05) is 0 Å². The molecule has 0 aliphatic heterocycles. The number of nitrogens with two attached hydrogens (primary N) is 2. The van der Waals surface area contributed by atoms with Gasteiger partial charge in [-0.25, -0.2) is 20.9 Å². The molecule has 12 heteroatoms. The molecule has 0 unspecified atom stereocenters. The first-order valence-electron chi connectivity index (χ1n) is 1.97. The Morgan fingerprint density at radius 3 is 1.50 bits per heavy atom. The van der Waals surface area contributed by atoms with E-state index in [9.17, 15) is 9.13 Å². The molecule has 0 rings (SSSR count). The fraction of sp³-hybridized carbons (Fsp3) is 0. The fourth-order valence-electron chi connectivity index (χ4n) is 0.194. The summed E-state index contributed by atoms with van der Waals surface area (Å²) in [5.74, 6) is 8.58. The van der Waals surface area contributed by atoms with E-state index in [1.54, 1.807) is 0 Å². The molecule has 0 aromatic rings. The maximum absolute atomic E-state index is 10.6. The Hall–Kier alpha value is 0.868. The van der Waals surface area contributed by atoms with Crippen LogP contribution in [-0.4, -0.2) is 9.79 Å². The Morgan fingerprint density at radius 2 is 1.42 bits per heavy atom. The smallest absolute Gasteiger partial charge is 0.302 e. The van der Waals surface area contributed by atoms with Crippen LogP contribution in [0.5, 0.6) is 0 Å². The van der Waals surface area contributed by atoms with E-state index >= 15 is 0 Å². The van der Waals surface area contributed by atoms with E-state index in [2.05, 4.69) is 25.4 Å². The van der Waals surface area contributed by atoms with Crippen LogP contribution in [0.1, 0.15) is 0 Å². The fourth-order valence-corrected chi connectivity index (χ4v) is 1.59. The minimum absolute atomic E-state index is 0. The van der Waals surface area contributed by atoms with Gasteiger partial charge in [-0.3, -0.25) is 0 Å². The number of hydrogen-bond acceptors (Lipinski definition) is 7. The summed E-state index contributed by atoms with van der Waals surface area (Å²) in [6.45, 7) is 0. The van der Waals surface area contributed by atoms with Crippen molar-refractivity contribution in [2.45, 2.75) is 0 Å². The van der Waals surface area contributed by atoms with Crippen LogP contribution in [-0.2, 0) is 43.8 Å². The molecule has 0 saturated heterocycles. The van der Waals surface area contributed by atoms with Crippen LogP contribution in [0.25, 0.3) is 0 Å². The Bertz CT molecular complexity index is 201. The third kappa shape index (κ3) is 6.39. The van der Waals surface area contributed by atoms with Gasteiger partial charge in [-0.05, 0) is 0 Å². The molecule has 0 heterocycles. The van der Waals surface area contributed by atoms with E-state index in [0.29, 0.717) is 0 Å². The van der Waals surface area contributed by atoms with E-state index < -0.39 is 15.6 Å². The zero-order chi connectivity index (χ0) is 9.12. The monoisotopic (exact) mass is 403 g/mol.